The molecule has 0 aliphatic heterocycles. The van der Waals surface area contributed by atoms with Crippen LogP contribution in [-0.2, 0) is 0 Å². The minimum Gasteiger partial charge on any atom is -0.330 e. The molecule has 0 unspecified atom stereocenters. The number of aryl methyl sites for hydroxylation is 1. The number of hydrogen-bond donors (Lipinski definition) is 1. The Morgan fingerprint density at radius 2 is 1.60 bits per heavy atom. The average molecular weight is 271 g/mol. The normalized spacial score (nSPS) is 23.2. The lowest BCUT2D eigenvalue weighted by molar-refractivity contribution is 0.356. The molecule has 0 spiro atoms. The first kappa shape index (κ1) is 15.3. The molecule has 0 saturated carbocycles. The Hall–Kier alpha value is -1.08. The summed E-state index contributed by atoms with van der Waals surface area (Å²) in [6.45, 7) is 7.62. The van der Waals surface area contributed by atoms with Gasteiger partial charge in [-0.2, -0.15) is 0 Å². The summed E-state index contributed by atoms with van der Waals surface area (Å²) in [7, 11) is 0. The van der Waals surface area contributed by atoms with Crippen molar-refractivity contribution >= 4 is 0 Å². The lowest BCUT2D eigenvalue weighted by Gasteiger charge is -2.34. The molecule has 0 radical (unpaired) electrons. The molecular formula is C19H29N. The van der Waals surface area contributed by atoms with E-state index in [1.807, 2.05) is 0 Å². The first-order valence-electron chi connectivity index (χ1n) is 8.03. The Balaban J connectivity index is 2.15. The van der Waals surface area contributed by atoms with E-state index in [-0.39, 0.29) is 0 Å². The smallest absolute Gasteiger partial charge is 0.00773 e. The van der Waals surface area contributed by atoms with Gasteiger partial charge in [0.2, 0.25) is 0 Å². The molecule has 2 atom stereocenters. The third-order valence-corrected chi connectivity index (χ3v) is 4.93. The van der Waals surface area contributed by atoms with Crippen LogP contribution in [0.4, 0.5) is 0 Å². The Morgan fingerprint density at radius 3 is 2.25 bits per heavy atom. The van der Waals surface area contributed by atoms with Crippen LogP contribution >= 0.6 is 0 Å². The molecule has 1 aliphatic carbocycles. The highest BCUT2D eigenvalue weighted by Gasteiger charge is 2.27. The molecule has 1 aromatic rings. The largest absolute Gasteiger partial charge is 0.330 e. The zero-order valence-electron chi connectivity index (χ0n) is 13.3. The molecule has 1 heteroatoms. The van der Waals surface area contributed by atoms with E-state index in [2.05, 4.69) is 45.0 Å². The van der Waals surface area contributed by atoms with Gasteiger partial charge in [0.25, 0.3) is 0 Å². The first-order valence-corrected chi connectivity index (χ1v) is 8.03. The Morgan fingerprint density at radius 1 is 0.950 bits per heavy atom. The van der Waals surface area contributed by atoms with Crippen molar-refractivity contribution in [2.24, 2.45) is 11.7 Å². The topological polar surface area (TPSA) is 26.0 Å². The third-order valence-electron chi connectivity index (χ3n) is 4.93. The van der Waals surface area contributed by atoms with Gasteiger partial charge in [0, 0.05) is 0 Å². The monoisotopic (exact) mass is 271 g/mol. The first-order chi connectivity index (χ1) is 9.61. The van der Waals surface area contributed by atoms with Crippen LogP contribution in [-0.4, -0.2) is 6.54 Å². The number of nitrogens with two attached hydrogens (primary N) is 1. The summed E-state index contributed by atoms with van der Waals surface area (Å²) in [6.07, 6.45) is 6.27. The highest BCUT2D eigenvalue weighted by molar-refractivity contribution is 5.29. The molecule has 1 aromatic carbocycles. The predicted molar refractivity (Wildman–Crippen MR) is 87.9 cm³/mol. The molecule has 0 heterocycles. The molecule has 0 fully saturated rings. The SMILES string of the molecule is CC1=C(C)C[C@H](c2ccc(C)cc2)[C@@H](CCCCN)C1. The maximum absolute atomic E-state index is 5.65. The summed E-state index contributed by atoms with van der Waals surface area (Å²) in [5.41, 5.74) is 11.7. The summed E-state index contributed by atoms with van der Waals surface area (Å²) >= 11 is 0. The van der Waals surface area contributed by atoms with Crippen LogP contribution in [0.2, 0.25) is 0 Å². The van der Waals surface area contributed by atoms with Crippen molar-refractivity contribution in [2.45, 2.75) is 58.8 Å². The van der Waals surface area contributed by atoms with Gasteiger partial charge in [0.1, 0.15) is 0 Å². The van der Waals surface area contributed by atoms with E-state index in [4.69, 9.17) is 5.73 Å². The van der Waals surface area contributed by atoms with Crippen LogP contribution in [0.3, 0.4) is 0 Å². The van der Waals surface area contributed by atoms with Crippen LogP contribution in [0.1, 0.15) is 63.0 Å². The molecule has 20 heavy (non-hydrogen) atoms. The second-order valence-electron chi connectivity index (χ2n) is 6.53. The molecule has 0 saturated heterocycles. The summed E-state index contributed by atoms with van der Waals surface area (Å²) in [5, 5.41) is 0. The van der Waals surface area contributed by atoms with Crippen molar-refractivity contribution in [3.63, 3.8) is 0 Å². The van der Waals surface area contributed by atoms with E-state index >= 15 is 0 Å². The van der Waals surface area contributed by atoms with Crippen molar-refractivity contribution in [3.8, 4) is 0 Å². The number of hydrogen-bond acceptors (Lipinski definition) is 1. The predicted octanol–water partition coefficient (Wildman–Crippen LogP) is 4.95. The highest BCUT2D eigenvalue weighted by atomic mass is 14.5. The summed E-state index contributed by atoms with van der Waals surface area (Å²) in [4.78, 5) is 0. The lowest BCUT2D eigenvalue weighted by Crippen LogP contribution is -2.19. The van der Waals surface area contributed by atoms with Crippen molar-refractivity contribution in [1.82, 2.24) is 0 Å². The Bertz CT molecular complexity index is 455. The molecule has 0 amide bonds. The van der Waals surface area contributed by atoms with Crippen LogP contribution in [0, 0.1) is 12.8 Å². The quantitative estimate of drug-likeness (QED) is 0.595. The maximum atomic E-state index is 5.65. The highest BCUT2D eigenvalue weighted by Crippen LogP contribution is 2.42. The molecule has 1 aliphatic rings. The summed E-state index contributed by atoms with van der Waals surface area (Å²) in [6, 6.07) is 9.19. The van der Waals surface area contributed by atoms with Crippen molar-refractivity contribution < 1.29 is 0 Å². The number of rotatable bonds is 5. The molecule has 0 bridgehead atoms. The van der Waals surface area contributed by atoms with E-state index in [0.29, 0.717) is 5.92 Å². The van der Waals surface area contributed by atoms with Gasteiger partial charge in [-0.1, -0.05) is 47.4 Å². The van der Waals surface area contributed by atoms with Crippen LogP contribution < -0.4 is 5.73 Å². The van der Waals surface area contributed by atoms with E-state index in [9.17, 15) is 0 Å². The average Bonchev–Trinajstić information content (AvgIpc) is 2.44. The van der Waals surface area contributed by atoms with Gasteiger partial charge < -0.3 is 5.73 Å². The Kier molecular flexibility index (Phi) is 5.42. The zero-order valence-corrected chi connectivity index (χ0v) is 13.3. The zero-order chi connectivity index (χ0) is 14.5. The number of benzene rings is 1. The van der Waals surface area contributed by atoms with Crippen molar-refractivity contribution in [1.29, 1.82) is 0 Å². The van der Waals surface area contributed by atoms with Gasteiger partial charge in [0.05, 0.1) is 0 Å². The van der Waals surface area contributed by atoms with E-state index in [1.165, 1.54) is 43.2 Å². The van der Waals surface area contributed by atoms with Crippen molar-refractivity contribution in [3.05, 3.63) is 46.5 Å². The minimum atomic E-state index is 0.706. The summed E-state index contributed by atoms with van der Waals surface area (Å²) < 4.78 is 0. The fraction of sp³-hybridized carbons (Fsp3) is 0.579. The van der Waals surface area contributed by atoms with E-state index < -0.39 is 0 Å². The van der Waals surface area contributed by atoms with Gasteiger partial charge in [-0.25, -0.2) is 0 Å². The fourth-order valence-corrected chi connectivity index (χ4v) is 3.44. The van der Waals surface area contributed by atoms with E-state index in [0.717, 1.165) is 12.5 Å². The second kappa shape index (κ2) is 7.08. The standard InChI is InChI=1S/C19H29N/c1-14-7-9-17(10-8-14)19-13-16(3)15(2)12-18(19)6-4-5-11-20/h7-10,18-19H,4-6,11-13,20H2,1-3H3/t18-,19+/m0/s1. The second-order valence-corrected chi connectivity index (χ2v) is 6.53. The van der Waals surface area contributed by atoms with Crippen LogP contribution in [0.5, 0.6) is 0 Å². The van der Waals surface area contributed by atoms with E-state index in [1.54, 1.807) is 11.1 Å². The minimum absolute atomic E-state index is 0.706. The van der Waals surface area contributed by atoms with Gasteiger partial charge >= 0.3 is 0 Å². The van der Waals surface area contributed by atoms with Gasteiger partial charge in [-0.05, 0) is 70.4 Å². The number of unbranched alkanes of at least 4 members (excludes halogenated alkanes) is 1. The molecule has 110 valence electrons. The van der Waals surface area contributed by atoms with Gasteiger partial charge in [-0.15, -0.1) is 0 Å². The molecule has 2 rings (SSSR count). The maximum Gasteiger partial charge on any atom is -0.00773 e. The molecule has 2 N–H and O–H groups in total. The molecular weight excluding hydrogens is 242 g/mol. The fourth-order valence-electron chi connectivity index (χ4n) is 3.44. The Labute approximate surface area is 124 Å². The number of allylic oxidation sites excluding steroid dienone is 2. The molecule has 0 aromatic heterocycles. The van der Waals surface area contributed by atoms with Crippen LogP contribution in [0.25, 0.3) is 0 Å². The third kappa shape index (κ3) is 3.73. The van der Waals surface area contributed by atoms with Gasteiger partial charge in [0.15, 0.2) is 0 Å². The van der Waals surface area contributed by atoms with Gasteiger partial charge in [-0.3, -0.25) is 0 Å². The summed E-state index contributed by atoms with van der Waals surface area (Å²) in [5.74, 6) is 1.50. The van der Waals surface area contributed by atoms with Crippen LogP contribution in [0.15, 0.2) is 35.4 Å². The molecule has 1 nitrogen and oxygen atoms in total. The van der Waals surface area contributed by atoms with Crippen molar-refractivity contribution in [2.75, 3.05) is 6.54 Å². The lowest BCUT2D eigenvalue weighted by atomic mass is 9.71.